The number of aromatic nitrogens is 2. The molecule has 2 aromatic heterocycles. The van der Waals surface area contributed by atoms with E-state index >= 15 is 0 Å². The van der Waals surface area contributed by atoms with Gasteiger partial charge in [-0.2, -0.15) is 0 Å². The lowest BCUT2D eigenvalue weighted by molar-refractivity contribution is -0.111. The summed E-state index contributed by atoms with van der Waals surface area (Å²) in [6.07, 6.45) is 10.6. The summed E-state index contributed by atoms with van der Waals surface area (Å²) in [5, 5.41) is 3.30. The molecule has 1 aliphatic carbocycles. The van der Waals surface area contributed by atoms with E-state index in [-0.39, 0.29) is 10.9 Å². The molecule has 26 heavy (non-hydrogen) atoms. The molecule has 0 spiro atoms. The van der Waals surface area contributed by atoms with Crippen LogP contribution in [-0.4, -0.2) is 30.5 Å². The van der Waals surface area contributed by atoms with Crippen LogP contribution in [0.1, 0.15) is 31.2 Å². The van der Waals surface area contributed by atoms with Crippen LogP contribution in [0.5, 0.6) is 0 Å². The van der Waals surface area contributed by atoms with Crippen LogP contribution in [0.3, 0.4) is 0 Å². The number of pyridine rings is 1. The highest BCUT2D eigenvalue weighted by molar-refractivity contribution is 9.11. The average Bonchev–Trinajstić information content (AvgIpc) is 3.23. The van der Waals surface area contributed by atoms with Gasteiger partial charge in [-0.05, 0) is 46.8 Å². The van der Waals surface area contributed by atoms with Gasteiger partial charge in [-0.15, -0.1) is 0 Å². The van der Waals surface area contributed by atoms with Crippen molar-refractivity contribution in [3.8, 4) is 0 Å². The Balaban J connectivity index is 1.91. The Morgan fingerprint density at radius 3 is 2.54 bits per heavy atom. The van der Waals surface area contributed by atoms with E-state index in [0.717, 1.165) is 35.7 Å². The van der Waals surface area contributed by atoms with E-state index in [1.54, 1.807) is 12.3 Å². The Kier molecular flexibility index (Phi) is 5.89. The van der Waals surface area contributed by atoms with Crippen molar-refractivity contribution in [1.82, 2.24) is 9.97 Å². The minimum absolute atomic E-state index is 0.00858. The summed E-state index contributed by atoms with van der Waals surface area (Å²) in [7, 11) is -3.38. The fraction of sp³-hybridized carbons (Fsp3) is 0.353. The number of allylic oxidation sites excluding steroid dienone is 1. The number of anilines is 1. The molecule has 0 atom stereocenters. The minimum Gasteiger partial charge on any atom is -0.298 e. The van der Waals surface area contributed by atoms with Crippen LogP contribution in [0.25, 0.3) is 5.57 Å². The second-order valence-corrected chi connectivity index (χ2v) is 10.6. The highest BCUT2D eigenvalue weighted by Gasteiger charge is 2.20. The third kappa shape index (κ3) is 4.77. The Morgan fingerprint density at radius 2 is 2.00 bits per heavy atom. The largest absolute Gasteiger partial charge is 0.298 e. The summed E-state index contributed by atoms with van der Waals surface area (Å²) in [4.78, 5) is 21.0. The van der Waals surface area contributed by atoms with Crippen LogP contribution < -0.4 is 5.32 Å². The van der Waals surface area contributed by atoms with Gasteiger partial charge in [0.25, 0.3) is 5.91 Å². The standard InChI is InChI=1S/C17H18BrN3O3S2/c1-26(23,24)15-7-6-12(9-19-15)13(8-11-4-2-3-5-11)16(22)21-17-20-10-14(18)25-17/h6-11H,2-5H2,1H3,(H,20,21,22). The van der Waals surface area contributed by atoms with Crippen molar-refractivity contribution < 1.29 is 13.2 Å². The van der Waals surface area contributed by atoms with E-state index in [0.29, 0.717) is 22.2 Å². The molecular formula is C17H18BrN3O3S2. The third-order valence-electron chi connectivity index (χ3n) is 4.17. The average molecular weight is 456 g/mol. The predicted molar refractivity (Wildman–Crippen MR) is 106 cm³/mol. The second-order valence-electron chi connectivity index (χ2n) is 6.21. The molecule has 0 aliphatic heterocycles. The fourth-order valence-corrected chi connectivity index (χ4v) is 4.56. The van der Waals surface area contributed by atoms with Gasteiger partial charge in [0.2, 0.25) is 0 Å². The predicted octanol–water partition coefficient (Wildman–Crippen LogP) is 3.92. The highest BCUT2D eigenvalue weighted by Crippen LogP contribution is 2.30. The number of carbonyl (C=O) groups excluding carboxylic acids is 1. The molecule has 0 bridgehead atoms. The van der Waals surface area contributed by atoms with E-state index in [2.05, 4.69) is 31.2 Å². The zero-order chi connectivity index (χ0) is 18.7. The first-order chi connectivity index (χ1) is 12.3. The number of sulfone groups is 1. The first kappa shape index (κ1) is 19.2. The zero-order valence-electron chi connectivity index (χ0n) is 14.1. The maximum absolute atomic E-state index is 12.8. The number of nitrogens with one attached hydrogen (secondary N) is 1. The van der Waals surface area contributed by atoms with Crippen molar-refractivity contribution in [2.45, 2.75) is 30.7 Å². The summed E-state index contributed by atoms with van der Waals surface area (Å²) < 4.78 is 24.0. The molecule has 138 valence electrons. The number of amides is 1. The topological polar surface area (TPSA) is 89.0 Å². The molecule has 6 nitrogen and oxygen atoms in total. The minimum atomic E-state index is -3.38. The molecule has 1 amide bonds. The maximum Gasteiger partial charge on any atom is 0.257 e. The van der Waals surface area contributed by atoms with Gasteiger partial charge < -0.3 is 0 Å². The van der Waals surface area contributed by atoms with E-state index in [9.17, 15) is 13.2 Å². The molecular weight excluding hydrogens is 438 g/mol. The van der Waals surface area contributed by atoms with Crippen molar-refractivity contribution >= 4 is 53.7 Å². The van der Waals surface area contributed by atoms with Crippen LogP contribution in [0.2, 0.25) is 0 Å². The molecule has 2 heterocycles. The van der Waals surface area contributed by atoms with Crippen LogP contribution in [0, 0.1) is 5.92 Å². The highest BCUT2D eigenvalue weighted by atomic mass is 79.9. The Morgan fingerprint density at radius 1 is 1.27 bits per heavy atom. The summed E-state index contributed by atoms with van der Waals surface area (Å²) >= 11 is 4.65. The summed E-state index contributed by atoms with van der Waals surface area (Å²) in [5.41, 5.74) is 1.09. The molecule has 0 saturated heterocycles. The zero-order valence-corrected chi connectivity index (χ0v) is 17.3. The normalized spacial score (nSPS) is 16.0. The van der Waals surface area contributed by atoms with E-state index in [1.807, 2.05) is 6.08 Å². The van der Waals surface area contributed by atoms with E-state index in [4.69, 9.17) is 0 Å². The summed E-state index contributed by atoms with van der Waals surface area (Å²) in [5.74, 6) is 0.0704. The van der Waals surface area contributed by atoms with Gasteiger partial charge in [0, 0.05) is 23.6 Å². The van der Waals surface area contributed by atoms with Crippen molar-refractivity contribution in [2.75, 3.05) is 11.6 Å². The molecule has 0 radical (unpaired) electrons. The van der Waals surface area contributed by atoms with Crippen molar-refractivity contribution in [3.63, 3.8) is 0 Å². The van der Waals surface area contributed by atoms with E-state index in [1.165, 1.54) is 23.6 Å². The Labute approximate surface area is 164 Å². The van der Waals surface area contributed by atoms with Gasteiger partial charge in [0.05, 0.1) is 9.98 Å². The van der Waals surface area contributed by atoms with Crippen LogP contribution in [-0.2, 0) is 14.6 Å². The second kappa shape index (κ2) is 7.98. The molecule has 9 heteroatoms. The lowest BCUT2D eigenvalue weighted by Crippen LogP contribution is -2.15. The maximum atomic E-state index is 12.8. The van der Waals surface area contributed by atoms with Gasteiger partial charge in [-0.1, -0.05) is 30.3 Å². The van der Waals surface area contributed by atoms with Gasteiger partial charge in [-0.3, -0.25) is 10.1 Å². The van der Waals surface area contributed by atoms with Gasteiger partial charge >= 0.3 is 0 Å². The number of rotatable bonds is 5. The SMILES string of the molecule is CS(=O)(=O)c1ccc(C(=CC2CCCC2)C(=O)Nc2ncc(Br)s2)cn1. The fourth-order valence-electron chi connectivity index (χ4n) is 2.90. The molecule has 2 aromatic rings. The number of hydrogen-bond acceptors (Lipinski definition) is 6. The molecule has 1 saturated carbocycles. The molecule has 1 N–H and O–H groups in total. The van der Waals surface area contributed by atoms with Crippen molar-refractivity contribution in [1.29, 1.82) is 0 Å². The van der Waals surface area contributed by atoms with Gasteiger partial charge in [0.15, 0.2) is 20.0 Å². The van der Waals surface area contributed by atoms with Gasteiger partial charge in [0.1, 0.15) is 0 Å². The summed E-state index contributed by atoms with van der Waals surface area (Å²) in [6, 6.07) is 3.06. The van der Waals surface area contributed by atoms with Gasteiger partial charge in [-0.25, -0.2) is 18.4 Å². The van der Waals surface area contributed by atoms with Crippen LogP contribution >= 0.6 is 27.3 Å². The Hall–Kier alpha value is -1.58. The number of thiazole rings is 1. The molecule has 1 aliphatic rings. The van der Waals surface area contributed by atoms with Crippen molar-refractivity contribution in [3.05, 3.63) is 40.0 Å². The third-order valence-corrected chi connectivity index (χ3v) is 6.56. The number of halogens is 1. The molecule has 0 aromatic carbocycles. The Bertz CT molecular complexity index is 930. The summed E-state index contributed by atoms with van der Waals surface area (Å²) in [6.45, 7) is 0. The lowest BCUT2D eigenvalue weighted by atomic mass is 9.99. The van der Waals surface area contributed by atoms with Crippen LogP contribution in [0.4, 0.5) is 5.13 Å². The number of carbonyl (C=O) groups is 1. The molecule has 1 fully saturated rings. The first-order valence-electron chi connectivity index (χ1n) is 8.14. The smallest absolute Gasteiger partial charge is 0.257 e. The molecule has 0 unspecified atom stereocenters. The first-order valence-corrected chi connectivity index (χ1v) is 11.6. The van der Waals surface area contributed by atoms with Crippen LogP contribution in [0.15, 0.2) is 39.4 Å². The monoisotopic (exact) mass is 455 g/mol. The number of hydrogen-bond donors (Lipinski definition) is 1. The lowest BCUT2D eigenvalue weighted by Gasteiger charge is -2.11. The quantitative estimate of drug-likeness (QED) is 0.689. The van der Waals surface area contributed by atoms with Crippen molar-refractivity contribution in [2.24, 2.45) is 5.92 Å². The molecule has 3 rings (SSSR count). The van der Waals surface area contributed by atoms with E-state index < -0.39 is 9.84 Å². The number of nitrogens with zero attached hydrogens (tertiary/aromatic N) is 2.